The fourth-order valence-corrected chi connectivity index (χ4v) is 3.16. The molecule has 1 aromatic carbocycles. The van der Waals surface area contributed by atoms with Gasteiger partial charge in [0.05, 0.1) is 6.04 Å². The van der Waals surface area contributed by atoms with Crippen LogP contribution in [0, 0.1) is 6.92 Å². The lowest BCUT2D eigenvalue weighted by atomic mass is 10.0. The Bertz CT molecular complexity index is 668. The van der Waals surface area contributed by atoms with Gasteiger partial charge in [-0.3, -0.25) is 0 Å². The predicted octanol–water partition coefficient (Wildman–Crippen LogP) is 4.05. The molecule has 0 aliphatic heterocycles. The van der Waals surface area contributed by atoms with E-state index in [0.717, 1.165) is 17.9 Å². The van der Waals surface area contributed by atoms with Gasteiger partial charge < -0.3 is 10.2 Å². The molecule has 2 nitrogen and oxygen atoms in total. The highest BCUT2D eigenvalue weighted by atomic mass is 32.1. The molecule has 0 radical (unpaired) electrons. The van der Waals surface area contributed by atoms with Crippen molar-refractivity contribution in [2.75, 3.05) is 0 Å². The first kappa shape index (κ1) is 11.5. The molecule has 2 N–H and O–H groups in total. The second-order valence-corrected chi connectivity index (χ2v) is 5.43. The summed E-state index contributed by atoms with van der Waals surface area (Å²) >= 11 is 1.77. The maximum atomic E-state index is 6.20. The van der Waals surface area contributed by atoms with Crippen molar-refractivity contribution >= 4 is 21.4 Å². The van der Waals surface area contributed by atoms with Crippen LogP contribution in [0.3, 0.4) is 0 Å². The predicted molar refractivity (Wildman–Crippen MR) is 75.9 cm³/mol. The van der Waals surface area contributed by atoms with E-state index < -0.39 is 0 Å². The van der Waals surface area contributed by atoms with Crippen molar-refractivity contribution in [3.8, 4) is 0 Å². The minimum absolute atomic E-state index is 0.0725. The lowest BCUT2D eigenvalue weighted by molar-refractivity contribution is 0.445. The van der Waals surface area contributed by atoms with Gasteiger partial charge in [-0.05, 0) is 47.9 Å². The first-order chi connectivity index (χ1) is 8.74. The largest absolute Gasteiger partial charge is 0.465 e. The number of aryl methyl sites for hydroxylation is 1. The van der Waals surface area contributed by atoms with E-state index in [-0.39, 0.29) is 6.04 Å². The Hall–Kier alpha value is -1.58. The Morgan fingerprint density at radius 3 is 2.83 bits per heavy atom. The zero-order valence-electron chi connectivity index (χ0n) is 10.2. The van der Waals surface area contributed by atoms with Crippen molar-refractivity contribution in [1.29, 1.82) is 0 Å². The molecule has 1 unspecified atom stereocenters. The molecule has 2 aromatic heterocycles. The van der Waals surface area contributed by atoms with Gasteiger partial charge in [0.2, 0.25) is 0 Å². The van der Waals surface area contributed by atoms with Gasteiger partial charge in [-0.25, -0.2) is 0 Å². The third-order valence-electron chi connectivity index (χ3n) is 3.13. The molecule has 0 saturated carbocycles. The summed E-state index contributed by atoms with van der Waals surface area (Å²) < 4.78 is 6.90. The van der Waals surface area contributed by atoms with E-state index in [4.69, 9.17) is 10.2 Å². The molecule has 3 heteroatoms. The number of benzene rings is 1. The van der Waals surface area contributed by atoms with Crippen LogP contribution < -0.4 is 5.73 Å². The van der Waals surface area contributed by atoms with Crippen LogP contribution in [0.1, 0.15) is 23.1 Å². The molecule has 0 aliphatic carbocycles. The van der Waals surface area contributed by atoms with E-state index >= 15 is 0 Å². The maximum Gasteiger partial charge on any atom is 0.121 e. The normalized spacial score (nSPS) is 13.0. The Balaban J connectivity index is 1.88. The number of rotatable bonds is 3. The highest BCUT2D eigenvalue weighted by Gasteiger charge is 2.13. The summed E-state index contributed by atoms with van der Waals surface area (Å²) in [5.74, 6) is 1.78. The maximum absolute atomic E-state index is 6.20. The molecule has 3 aromatic rings. The molecule has 0 saturated heterocycles. The summed E-state index contributed by atoms with van der Waals surface area (Å²) in [4.78, 5) is 0. The Morgan fingerprint density at radius 2 is 2.06 bits per heavy atom. The zero-order valence-corrected chi connectivity index (χ0v) is 11.0. The third kappa shape index (κ3) is 2.07. The molecular formula is C15H15NOS. The van der Waals surface area contributed by atoms with Crippen LogP contribution in [0.25, 0.3) is 10.1 Å². The van der Waals surface area contributed by atoms with Crippen LogP contribution in [0.5, 0.6) is 0 Å². The number of thiophene rings is 1. The molecule has 0 amide bonds. The van der Waals surface area contributed by atoms with Gasteiger partial charge in [0, 0.05) is 4.70 Å². The van der Waals surface area contributed by atoms with Crippen molar-refractivity contribution in [2.24, 2.45) is 5.73 Å². The van der Waals surface area contributed by atoms with Gasteiger partial charge in [-0.2, -0.15) is 0 Å². The van der Waals surface area contributed by atoms with Gasteiger partial charge in [0.15, 0.2) is 0 Å². The van der Waals surface area contributed by atoms with Gasteiger partial charge in [-0.1, -0.05) is 18.2 Å². The molecule has 0 bridgehead atoms. The van der Waals surface area contributed by atoms with E-state index in [1.54, 1.807) is 11.3 Å². The third-order valence-corrected chi connectivity index (χ3v) is 4.14. The van der Waals surface area contributed by atoms with Crippen LogP contribution >= 0.6 is 11.3 Å². The highest BCUT2D eigenvalue weighted by Crippen LogP contribution is 2.29. The Kier molecular flexibility index (Phi) is 2.94. The lowest BCUT2D eigenvalue weighted by Crippen LogP contribution is -2.12. The van der Waals surface area contributed by atoms with Gasteiger partial charge in [0.1, 0.15) is 11.5 Å². The number of hydrogen-bond acceptors (Lipinski definition) is 3. The molecule has 92 valence electrons. The Morgan fingerprint density at radius 1 is 1.22 bits per heavy atom. The van der Waals surface area contributed by atoms with Crippen LogP contribution in [-0.2, 0) is 6.42 Å². The summed E-state index contributed by atoms with van der Waals surface area (Å²) in [5.41, 5.74) is 7.50. The molecule has 0 fully saturated rings. The highest BCUT2D eigenvalue weighted by molar-refractivity contribution is 7.17. The topological polar surface area (TPSA) is 39.2 Å². The van der Waals surface area contributed by atoms with Crippen LogP contribution in [-0.4, -0.2) is 0 Å². The quantitative estimate of drug-likeness (QED) is 0.769. The van der Waals surface area contributed by atoms with Crippen LogP contribution in [0.4, 0.5) is 0 Å². The summed E-state index contributed by atoms with van der Waals surface area (Å²) in [7, 11) is 0. The molecule has 3 rings (SSSR count). The minimum Gasteiger partial charge on any atom is -0.465 e. The second kappa shape index (κ2) is 4.59. The zero-order chi connectivity index (χ0) is 12.5. The number of furan rings is 1. The minimum atomic E-state index is -0.0725. The fourth-order valence-electron chi connectivity index (χ4n) is 2.18. The van der Waals surface area contributed by atoms with Crippen LogP contribution in [0.15, 0.2) is 46.2 Å². The van der Waals surface area contributed by atoms with Crippen molar-refractivity contribution in [3.63, 3.8) is 0 Å². The molecule has 2 heterocycles. The average Bonchev–Trinajstić information content (AvgIpc) is 2.97. The summed E-state index contributed by atoms with van der Waals surface area (Å²) in [5, 5.41) is 3.50. The first-order valence-corrected chi connectivity index (χ1v) is 6.89. The van der Waals surface area contributed by atoms with E-state index in [0.29, 0.717) is 0 Å². The van der Waals surface area contributed by atoms with E-state index in [1.807, 2.05) is 19.1 Å². The first-order valence-electron chi connectivity index (χ1n) is 6.01. The van der Waals surface area contributed by atoms with Crippen molar-refractivity contribution in [2.45, 2.75) is 19.4 Å². The van der Waals surface area contributed by atoms with Gasteiger partial charge in [-0.15, -0.1) is 11.3 Å². The fraction of sp³-hybridized carbons (Fsp3) is 0.200. The smallest absolute Gasteiger partial charge is 0.121 e. The van der Waals surface area contributed by atoms with Crippen molar-refractivity contribution in [3.05, 3.63) is 58.9 Å². The van der Waals surface area contributed by atoms with Gasteiger partial charge >= 0.3 is 0 Å². The van der Waals surface area contributed by atoms with E-state index in [1.165, 1.54) is 15.6 Å². The molecule has 1 atom stereocenters. The number of nitrogens with two attached hydrogens (primary N) is 1. The SMILES string of the molecule is Cc1ccc(C(N)Cc2csc3ccccc23)o1. The summed E-state index contributed by atoms with van der Waals surface area (Å²) in [6.45, 7) is 1.94. The summed E-state index contributed by atoms with van der Waals surface area (Å²) in [6.07, 6.45) is 0.816. The Labute approximate surface area is 110 Å². The monoisotopic (exact) mass is 257 g/mol. The molecule has 0 spiro atoms. The summed E-state index contributed by atoms with van der Waals surface area (Å²) in [6, 6.07) is 12.3. The molecular weight excluding hydrogens is 242 g/mol. The van der Waals surface area contributed by atoms with Crippen LogP contribution in [0.2, 0.25) is 0 Å². The van der Waals surface area contributed by atoms with E-state index in [9.17, 15) is 0 Å². The number of fused-ring (bicyclic) bond motifs is 1. The second-order valence-electron chi connectivity index (χ2n) is 4.52. The average molecular weight is 257 g/mol. The molecule has 0 aliphatic rings. The number of hydrogen-bond donors (Lipinski definition) is 1. The lowest BCUT2D eigenvalue weighted by Gasteiger charge is -2.07. The van der Waals surface area contributed by atoms with Crippen molar-refractivity contribution < 1.29 is 4.42 Å². The van der Waals surface area contributed by atoms with E-state index in [2.05, 4.69) is 29.6 Å². The van der Waals surface area contributed by atoms with Crippen molar-refractivity contribution in [1.82, 2.24) is 0 Å². The van der Waals surface area contributed by atoms with Gasteiger partial charge in [0.25, 0.3) is 0 Å². The molecule has 18 heavy (non-hydrogen) atoms. The standard InChI is InChI=1S/C15H15NOS/c1-10-6-7-14(17-10)13(16)8-11-9-18-15-5-3-2-4-12(11)15/h2-7,9,13H,8,16H2,1H3.